The molecule has 0 radical (unpaired) electrons. The molecule has 0 aromatic carbocycles. The standard InChI is InChI=1S/C10H13ClN2O/c1-7-9(3-5-14-7)13-10-6-12-4-2-8(10)11/h2,4,6-7,9,13H,3,5H2,1H3. The van der Waals surface area contributed by atoms with E-state index in [9.17, 15) is 0 Å². The molecule has 76 valence electrons. The number of hydrogen-bond donors (Lipinski definition) is 1. The molecule has 1 aromatic heterocycles. The van der Waals surface area contributed by atoms with Crippen LogP contribution in [0.3, 0.4) is 0 Å². The maximum atomic E-state index is 6.01. The van der Waals surface area contributed by atoms with E-state index in [2.05, 4.69) is 17.2 Å². The van der Waals surface area contributed by atoms with Crippen molar-refractivity contribution in [3.05, 3.63) is 23.5 Å². The van der Waals surface area contributed by atoms with Crippen molar-refractivity contribution >= 4 is 17.3 Å². The summed E-state index contributed by atoms with van der Waals surface area (Å²) < 4.78 is 5.45. The van der Waals surface area contributed by atoms with Crippen molar-refractivity contribution in [3.8, 4) is 0 Å². The predicted molar refractivity (Wildman–Crippen MR) is 56.7 cm³/mol. The highest BCUT2D eigenvalue weighted by atomic mass is 35.5. The minimum Gasteiger partial charge on any atom is -0.377 e. The number of halogens is 1. The van der Waals surface area contributed by atoms with E-state index in [1.54, 1.807) is 18.5 Å². The largest absolute Gasteiger partial charge is 0.377 e. The van der Waals surface area contributed by atoms with Crippen LogP contribution >= 0.6 is 11.6 Å². The van der Waals surface area contributed by atoms with Crippen molar-refractivity contribution < 1.29 is 4.74 Å². The molecule has 1 saturated heterocycles. The Balaban J connectivity index is 2.07. The van der Waals surface area contributed by atoms with Gasteiger partial charge < -0.3 is 10.1 Å². The fraction of sp³-hybridized carbons (Fsp3) is 0.500. The molecule has 0 saturated carbocycles. The first-order chi connectivity index (χ1) is 6.77. The number of pyridine rings is 1. The van der Waals surface area contributed by atoms with Gasteiger partial charge >= 0.3 is 0 Å². The van der Waals surface area contributed by atoms with Gasteiger partial charge in [0.2, 0.25) is 0 Å². The summed E-state index contributed by atoms with van der Waals surface area (Å²) in [5, 5.41) is 4.05. The first kappa shape index (κ1) is 9.74. The van der Waals surface area contributed by atoms with E-state index in [1.165, 1.54) is 0 Å². The van der Waals surface area contributed by atoms with Crippen molar-refractivity contribution in [1.82, 2.24) is 4.98 Å². The van der Waals surface area contributed by atoms with E-state index in [-0.39, 0.29) is 6.10 Å². The average molecular weight is 213 g/mol. The molecule has 1 fully saturated rings. The Morgan fingerprint density at radius 2 is 2.50 bits per heavy atom. The number of hydrogen-bond acceptors (Lipinski definition) is 3. The first-order valence-electron chi connectivity index (χ1n) is 4.75. The summed E-state index contributed by atoms with van der Waals surface area (Å²) in [6, 6.07) is 2.13. The highest BCUT2D eigenvalue weighted by molar-refractivity contribution is 6.33. The topological polar surface area (TPSA) is 34.1 Å². The molecule has 14 heavy (non-hydrogen) atoms. The normalized spacial score (nSPS) is 26.4. The number of anilines is 1. The highest BCUT2D eigenvalue weighted by Gasteiger charge is 2.24. The number of nitrogens with zero attached hydrogens (tertiary/aromatic N) is 1. The summed E-state index contributed by atoms with van der Waals surface area (Å²) >= 11 is 6.01. The van der Waals surface area contributed by atoms with E-state index >= 15 is 0 Å². The summed E-state index contributed by atoms with van der Waals surface area (Å²) in [6.45, 7) is 2.88. The van der Waals surface area contributed by atoms with E-state index < -0.39 is 0 Å². The van der Waals surface area contributed by atoms with Gasteiger partial charge in [0.25, 0.3) is 0 Å². The second-order valence-electron chi connectivity index (χ2n) is 3.47. The van der Waals surface area contributed by atoms with E-state index in [4.69, 9.17) is 16.3 Å². The molecule has 1 aromatic rings. The Hall–Kier alpha value is -0.800. The monoisotopic (exact) mass is 212 g/mol. The molecule has 0 amide bonds. The third-order valence-electron chi connectivity index (χ3n) is 2.48. The molecule has 2 atom stereocenters. The van der Waals surface area contributed by atoms with Gasteiger partial charge in [-0.3, -0.25) is 4.98 Å². The van der Waals surface area contributed by atoms with Gasteiger partial charge in [-0.15, -0.1) is 0 Å². The first-order valence-corrected chi connectivity index (χ1v) is 5.13. The Morgan fingerprint density at radius 1 is 1.64 bits per heavy atom. The number of aromatic nitrogens is 1. The molecule has 1 aliphatic heterocycles. The molecule has 1 N–H and O–H groups in total. The quantitative estimate of drug-likeness (QED) is 0.817. The molecular weight excluding hydrogens is 200 g/mol. The zero-order chi connectivity index (χ0) is 9.97. The smallest absolute Gasteiger partial charge is 0.0748 e. The van der Waals surface area contributed by atoms with Gasteiger partial charge in [0, 0.05) is 12.8 Å². The molecular formula is C10H13ClN2O. The highest BCUT2D eigenvalue weighted by Crippen LogP contribution is 2.24. The van der Waals surface area contributed by atoms with Crippen LogP contribution in [0.2, 0.25) is 5.02 Å². The van der Waals surface area contributed by atoms with E-state index in [0.29, 0.717) is 11.1 Å². The summed E-state index contributed by atoms with van der Waals surface area (Å²) in [5.41, 5.74) is 0.886. The molecule has 0 bridgehead atoms. The molecule has 1 aliphatic rings. The minimum atomic E-state index is 0.242. The van der Waals surface area contributed by atoms with Crippen LogP contribution in [0.4, 0.5) is 5.69 Å². The van der Waals surface area contributed by atoms with Crippen molar-refractivity contribution in [2.45, 2.75) is 25.5 Å². The van der Waals surface area contributed by atoms with Gasteiger partial charge in [-0.25, -0.2) is 0 Å². The molecule has 3 nitrogen and oxygen atoms in total. The van der Waals surface area contributed by atoms with Crippen LogP contribution in [0.25, 0.3) is 0 Å². The van der Waals surface area contributed by atoms with Crippen LogP contribution in [-0.4, -0.2) is 23.7 Å². The lowest BCUT2D eigenvalue weighted by molar-refractivity contribution is 0.121. The van der Waals surface area contributed by atoms with Crippen LogP contribution in [0, 0.1) is 0 Å². The molecule has 4 heteroatoms. The maximum absolute atomic E-state index is 6.01. The van der Waals surface area contributed by atoms with Crippen LogP contribution < -0.4 is 5.32 Å². The summed E-state index contributed by atoms with van der Waals surface area (Å²) in [5.74, 6) is 0. The van der Waals surface area contributed by atoms with E-state index in [0.717, 1.165) is 18.7 Å². The minimum absolute atomic E-state index is 0.242. The zero-order valence-corrected chi connectivity index (χ0v) is 8.79. The van der Waals surface area contributed by atoms with Gasteiger partial charge in [0.15, 0.2) is 0 Å². The van der Waals surface area contributed by atoms with Crippen LogP contribution in [0.15, 0.2) is 18.5 Å². The number of ether oxygens (including phenoxy) is 1. The molecule has 0 aliphatic carbocycles. The van der Waals surface area contributed by atoms with Crippen molar-refractivity contribution in [2.24, 2.45) is 0 Å². The van der Waals surface area contributed by atoms with Crippen molar-refractivity contribution in [2.75, 3.05) is 11.9 Å². The van der Waals surface area contributed by atoms with Crippen LogP contribution in [-0.2, 0) is 4.74 Å². The Bertz CT molecular complexity index is 319. The van der Waals surface area contributed by atoms with Crippen LogP contribution in [0.1, 0.15) is 13.3 Å². The molecule has 2 rings (SSSR count). The lowest BCUT2D eigenvalue weighted by Gasteiger charge is -2.17. The summed E-state index contributed by atoms with van der Waals surface area (Å²) in [4.78, 5) is 4.02. The molecule has 0 spiro atoms. The fourth-order valence-electron chi connectivity index (χ4n) is 1.60. The second-order valence-corrected chi connectivity index (χ2v) is 3.88. The predicted octanol–water partition coefficient (Wildman–Crippen LogP) is 2.32. The van der Waals surface area contributed by atoms with Gasteiger partial charge in [-0.05, 0) is 19.4 Å². The summed E-state index contributed by atoms with van der Waals surface area (Å²) in [6.07, 6.45) is 4.69. The summed E-state index contributed by atoms with van der Waals surface area (Å²) in [7, 11) is 0. The lowest BCUT2D eigenvalue weighted by atomic mass is 10.1. The third-order valence-corrected chi connectivity index (χ3v) is 2.81. The SMILES string of the molecule is CC1OCCC1Nc1cnccc1Cl. The maximum Gasteiger partial charge on any atom is 0.0748 e. The Kier molecular flexibility index (Phi) is 2.89. The Morgan fingerprint density at radius 3 is 3.14 bits per heavy atom. The van der Waals surface area contributed by atoms with E-state index in [1.807, 2.05) is 0 Å². The third kappa shape index (κ3) is 1.99. The zero-order valence-electron chi connectivity index (χ0n) is 8.03. The average Bonchev–Trinajstić information content (AvgIpc) is 2.56. The number of rotatable bonds is 2. The van der Waals surface area contributed by atoms with Crippen LogP contribution in [0.5, 0.6) is 0 Å². The van der Waals surface area contributed by atoms with Crippen molar-refractivity contribution in [1.29, 1.82) is 0 Å². The second kappa shape index (κ2) is 4.15. The van der Waals surface area contributed by atoms with Gasteiger partial charge in [-0.2, -0.15) is 0 Å². The lowest BCUT2D eigenvalue weighted by Crippen LogP contribution is -2.26. The number of nitrogens with one attached hydrogen (secondary N) is 1. The molecule has 2 unspecified atom stereocenters. The van der Waals surface area contributed by atoms with Crippen molar-refractivity contribution in [3.63, 3.8) is 0 Å². The molecule has 2 heterocycles. The Labute approximate surface area is 88.4 Å². The fourth-order valence-corrected chi connectivity index (χ4v) is 1.76. The van der Waals surface area contributed by atoms with Gasteiger partial charge in [-0.1, -0.05) is 11.6 Å². The van der Waals surface area contributed by atoms with Gasteiger partial charge in [0.1, 0.15) is 0 Å². The van der Waals surface area contributed by atoms with Gasteiger partial charge in [0.05, 0.1) is 29.1 Å².